The van der Waals surface area contributed by atoms with Crippen LogP contribution in [0.5, 0.6) is 6.01 Å². The van der Waals surface area contributed by atoms with Crippen LogP contribution in [0.15, 0.2) is 42.7 Å². The van der Waals surface area contributed by atoms with Crippen LogP contribution < -0.4 is 4.74 Å². The number of ether oxygens (including phenoxy) is 1. The summed E-state index contributed by atoms with van der Waals surface area (Å²) in [7, 11) is 0. The minimum Gasteiger partial charge on any atom is -0.460 e. The predicted molar refractivity (Wildman–Crippen MR) is 97.3 cm³/mol. The van der Waals surface area contributed by atoms with Gasteiger partial charge < -0.3 is 9.64 Å². The van der Waals surface area contributed by atoms with Crippen LogP contribution >= 0.6 is 11.6 Å². The number of amides is 1. The molecule has 2 aromatic rings. The van der Waals surface area contributed by atoms with Gasteiger partial charge in [-0.1, -0.05) is 11.6 Å². The third-order valence-corrected chi connectivity index (χ3v) is 4.59. The van der Waals surface area contributed by atoms with Crippen molar-refractivity contribution in [1.82, 2.24) is 14.9 Å². The Balaban J connectivity index is 1.42. The lowest BCUT2D eigenvalue weighted by molar-refractivity contribution is -0.133. The van der Waals surface area contributed by atoms with E-state index in [9.17, 15) is 9.59 Å². The lowest BCUT2D eigenvalue weighted by Gasteiger charge is -2.31. The van der Waals surface area contributed by atoms with Crippen molar-refractivity contribution in [2.24, 2.45) is 0 Å². The Hall–Kier alpha value is -2.47. The Labute approximate surface area is 157 Å². The number of hydrogen-bond acceptors (Lipinski definition) is 5. The van der Waals surface area contributed by atoms with Crippen molar-refractivity contribution < 1.29 is 14.3 Å². The second kappa shape index (κ2) is 8.76. The zero-order chi connectivity index (χ0) is 18.4. The van der Waals surface area contributed by atoms with Crippen molar-refractivity contribution in [3.05, 3.63) is 53.3 Å². The molecule has 1 fully saturated rings. The van der Waals surface area contributed by atoms with Gasteiger partial charge in [-0.25, -0.2) is 9.97 Å². The highest BCUT2D eigenvalue weighted by atomic mass is 35.5. The highest BCUT2D eigenvalue weighted by Crippen LogP contribution is 2.17. The number of Topliss-reactive ketones (excluding diaryl/α,β-unsaturated/α-hetero) is 1. The molecule has 0 aliphatic carbocycles. The van der Waals surface area contributed by atoms with Crippen molar-refractivity contribution in [2.45, 2.75) is 31.8 Å². The van der Waals surface area contributed by atoms with Gasteiger partial charge in [0.25, 0.3) is 0 Å². The van der Waals surface area contributed by atoms with Crippen molar-refractivity contribution in [1.29, 1.82) is 0 Å². The first-order valence-corrected chi connectivity index (χ1v) is 9.00. The number of aromatic nitrogens is 2. The summed E-state index contributed by atoms with van der Waals surface area (Å²) in [6, 6.07) is 8.83. The second-order valence-electron chi connectivity index (χ2n) is 6.16. The third kappa shape index (κ3) is 5.02. The zero-order valence-electron chi connectivity index (χ0n) is 14.3. The summed E-state index contributed by atoms with van der Waals surface area (Å²) < 4.78 is 5.72. The molecule has 0 atom stereocenters. The van der Waals surface area contributed by atoms with Crippen LogP contribution in [0, 0.1) is 0 Å². The quantitative estimate of drug-likeness (QED) is 0.727. The number of carbonyl (C=O) groups is 2. The summed E-state index contributed by atoms with van der Waals surface area (Å²) in [5, 5.41) is 0.587. The molecule has 7 heteroatoms. The Bertz CT molecular complexity index is 744. The van der Waals surface area contributed by atoms with E-state index in [2.05, 4.69) is 9.97 Å². The van der Waals surface area contributed by atoms with Crippen molar-refractivity contribution >= 4 is 23.3 Å². The average Bonchev–Trinajstić information content (AvgIpc) is 2.68. The van der Waals surface area contributed by atoms with Crippen LogP contribution in [-0.4, -0.2) is 45.8 Å². The molecule has 0 spiro atoms. The van der Waals surface area contributed by atoms with E-state index in [1.807, 2.05) is 0 Å². The van der Waals surface area contributed by atoms with Crippen molar-refractivity contribution in [3.8, 4) is 6.01 Å². The molecule has 0 saturated carbocycles. The van der Waals surface area contributed by atoms with Gasteiger partial charge in [0.15, 0.2) is 5.78 Å². The first-order chi connectivity index (χ1) is 12.6. The number of benzene rings is 1. The van der Waals surface area contributed by atoms with Crippen LogP contribution in [0.3, 0.4) is 0 Å². The molecule has 0 radical (unpaired) electrons. The molecule has 136 valence electrons. The van der Waals surface area contributed by atoms with Crippen LogP contribution in [0.25, 0.3) is 0 Å². The summed E-state index contributed by atoms with van der Waals surface area (Å²) in [4.78, 5) is 34.4. The highest BCUT2D eigenvalue weighted by molar-refractivity contribution is 6.30. The molecule has 1 saturated heterocycles. The number of carbonyl (C=O) groups excluding carboxylic acids is 2. The van der Waals surface area contributed by atoms with Gasteiger partial charge in [-0.15, -0.1) is 0 Å². The summed E-state index contributed by atoms with van der Waals surface area (Å²) in [6.07, 6.45) is 5.17. The highest BCUT2D eigenvalue weighted by Gasteiger charge is 2.24. The molecule has 26 heavy (non-hydrogen) atoms. The normalized spacial score (nSPS) is 14.9. The first-order valence-electron chi connectivity index (χ1n) is 8.62. The summed E-state index contributed by atoms with van der Waals surface area (Å²) in [5.74, 6) is -0.0452. The van der Waals surface area contributed by atoms with Gasteiger partial charge in [0.05, 0.1) is 0 Å². The number of rotatable bonds is 6. The molecule has 1 aromatic carbocycles. The van der Waals surface area contributed by atoms with E-state index in [0.29, 0.717) is 29.7 Å². The number of nitrogens with zero attached hydrogens (tertiary/aromatic N) is 3. The molecule has 2 heterocycles. The van der Waals surface area contributed by atoms with Crippen LogP contribution in [0.4, 0.5) is 0 Å². The molecule has 0 bridgehead atoms. The number of halogens is 1. The standard InChI is InChI=1S/C19H20ClN3O3/c20-15-4-2-14(3-5-15)17(24)6-7-18(25)23-12-8-16(9-13-23)26-19-21-10-1-11-22-19/h1-5,10-11,16H,6-9,12-13H2. The van der Waals surface area contributed by atoms with Gasteiger partial charge in [-0.3, -0.25) is 9.59 Å². The maximum Gasteiger partial charge on any atom is 0.316 e. The van der Waals surface area contributed by atoms with Crippen LogP contribution in [0.2, 0.25) is 5.02 Å². The minimum absolute atomic E-state index is 0.00160. The zero-order valence-corrected chi connectivity index (χ0v) is 15.1. The summed E-state index contributed by atoms with van der Waals surface area (Å²) in [5.41, 5.74) is 0.581. The van der Waals surface area contributed by atoms with Crippen LogP contribution in [-0.2, 0) is 4.79 Å². The molecular weight excluding hydrogens is 354 g/mol. The fourth-order valence-electron chi connectivity index (χ4n) is 2.88. The van der Waals surface area contributed by atoms with E-state index in [-0.39, 0.29) is 30.6 Å². The van der Waals surface area contributed by atoms with Crippen molar-refractivity contribution in [3.63, 3.8) is 0 Å². The Kier molecular flexibility index (Phi) is 6.17. The molecule has 6 nitrogen and oxygen atoms in total. The second-order valence-corrected chi connectivity index (χ2v) is 6.60. The third-order valence-electron chi connectivity index (χ3n) is 4.34. The maximum atomic E-state index is 12.3. The monoisotopic (exact) mass is 373 g/mol. The molecule has 1 amide bonds. The summed E-state index contributed by atoms with van der Waals surface area (Å²) >= 11 is 5.82. The van der Waals surface area contributed by atoms with Gasteiger partial charge in [-0.2, -0.15) is 0 Å². The fraction of sp³-hybridized carbons (Fsp3) is 0.368. The predicted octanol–water partition coefficient (Wildman–Crippen LogP) is 3.16. The van der Waals surface area contributed by atoms with Gasteiger partial charge in [-0.05, 0) is 30.3 Å². The molecule has 1 aromatic heterocycles. The van der Waals surface area contributed by atoms with E-state index in [1.165, 1.54) is 0 Å². The van der Waals surface area contributed by atoms with E-state index in [4.69, 9.17) is 16.3 Å². The van der Waals surface area contributed by atoms with Gasteiger partial charge in [0.2, 0.25) is 5.91 Å². The Morgan fingerprint density at radius 1 is 1.08 bits per heavy atom. The average molecular weight is 374 g/mol. The Morgan fingerprint density at radius 2 is 1.73 bits per heavy atom. The van der Waals surface area contributed by atoms with E-state index >= 15 is 0 Å². The van der Waals surface area contributed by atoms with Gasteiger partial charge in [0.1, 0.15) is 6.10 Å². The van der Waals surface area contributed by atoms with Crippen molar-refractivity contribution in [2.75, 3.05) is 13.1 Å². The molecular formula is C19H20ClN3O3. The molecule has 1 aliphatic rings. The first kappa shape index (κ1) is 18.3. The molecule has 3 rings (SSSR count). The number of piperidine rings is 1. The number of ketones is 1. The topological polar surface area (TPSA) is 72.4 Å². The van der Waals surface area contributed by atoms with Gasteiger partial charge >= 0.3 is 6.01 Å². The lowest BCUT2D eigenvalue weighted by atomic mass is 10.0. The van der Waals surface area contributed by atoms with E-state index in [0.717, 1.165) is 12.8 Å². The largest absolute Gasteiger partial charge is 0.460 e. The molecule has 0 N–H and O–H groups in total. The molecule has 1 aliphatic heterocycles. The number of hydrogen-bond donors (Lipinski definition) is 0. The summed E-state index contributed by atoms with van der Waals surface area (Å²) in [6.45, 7) is 1.23. The van der Waals surface area contributed by atoms with E-state index < -0.39 is 0 Å². The SMILES string of the molecule is O=C(CCC(=O)N1CCC(Oc2ncccn2)CC1)c1ccc(Cl)cc1. The molecule has 0 unspecified atom stereocenters. The lowest BCUT2D eigenvalue weighted by Crippen LogP contribution is -2.42. The smallest absolute Gasteiger partial charge is 0.316 e. The van der Waals surface area contributed by atoms with Crippen LogP contribution in [0.1, 0.15) is 36.0 Å². The van der Waals surface area contributed by atoms with Gasteiger partial charge in [0, 0.05) is 61.8 Å². The van der Waals surface area contributed by atoms with E-state index in [1.54, 1.807) is 47.6 Å². The maximum absolute atomic E-state index is 12.3. The fourth-order valence-corrected chi connectivity index (χ4v) is 3.00. The Morgan fingerprint density at radius 3 is 2.38 bits per heavy atom. The number of likely N-dealkylation sites (tertiary alicyclic amines) is 1. The minimum atomic E-state index is -0.0468.